The van der Waals surface area contributed by atoms with Gasteiger partial charge in [-0.25, -0.2) is 9.18 Å². The molecular weight excluding hydrogens is 439 g/mol. The van der Waals surface area contributed by atoms with Gasteiger partial charge in [0, 0.05) is 17.7 Å². The van der Waals surface area contributed by atoms with Gasteiger partial charge in [-0.05, 0) is 73.6 Å². The molecule has 1 saturated carbocycles. The van der Waals surface area contributed by atoms with Crippen molar-refractivity contribution in [2.45, 2.75) is 37.3 Å². The second-order valence-electron chi connectivity index (χ2n) is 8.58. The lowest BCUT2D eigenvalue weighted by Crippen LogP contribution is -2.23. The van der Waals surface area contributed by atoms with E-state index in [1.165, 1.54) is 12.1 Å². The number of aliphatic carboxylic acids is 1. The van der Waals surface area contributed by atoms with E-state index in [2.05, 4.69) is 16.8 Å². The summed E-state index contributed by atoms with van der Waals surface area (Å²) in [5.74, 6) is -0.274. The van der Waals surface area contributed by atoms with E-state index in [4.69, 9.17) is 14.9 Å². The molecule has 0 atom stereocenters. The van der Waals surface area contributed by atoms with Gasteiger partial charge in [-0.1, -0.05) is 30.3 Å². The first-order valence-corrected chi connectivity index (χ1v) is 12.5. The van der Waals surface area contributed by atoms with Crippen LogP contribution in [0.1, 0.15) is 25.7 Å². The van der Waals surface area contributed by atoms with Crippen molar-refractivity contribution in [1.29, 1.82) is 0 Å². The summed E-state index contributed by atoms with van der Waals surface area (Å²) in [4.78, 5) is 10.7. The van der Waals surface area contributed by atoms with Crippen LogP contribution in [0.25, 0.3) is 22.4 Å². The van der Waals surface area contributed by atoms with Crippen LogP contribution in [0.3, 0.4) is 0 Å². The van der Waals surface area contributed by atoms with Gasteiger partial charge in [0.05, 0.1) is 12.3 Å². The van der Waals surface area contributed by atoms with Crippen LogP contribution >= 0.6 is 11.8 Å². The predicted octanol–water partition coefficient (Wildman–Crippen LogP) is 5.99. The Morgan fingerprint density at radius 2 is 1.73 bits per heavy atom. The van der Waals surface area contributed by atoms with Gasteiger partial charge in [-0.15, -0.1) is 11.8 Å². The van der Waals surface area contributed by atoms with Gasteiger partial charge in [0.25, 0.3) is 0 Å². The summed E-state index contributed by atoms with van der Waals surface area (Å²) in [5, 5.41) is 14.7. The molecule has 1 N–H and O–H groups in total. The molecule has 0 unspecified atom stereocenters. The van der Waals surface area contributed by atoms with Crippen molar-refractivity contribution >= 4 is 17.7 Å². The maximum atomic E-state index is 13.7. The van der Waals surface area contributed by atoms with Crippen molar-refractivity contribution in [3.05, 3.63) is 60.4 Å². The van der Waals surface area contributed by atoms with E-state index in [9.17, 15) is 9.18 Å². The Labute approximate surface area is 198 Å². The molecule has 7 heteroatoms. The molecule has 1 aliphatic rings. The highest BCUT2D eigenvalue weighted by Gasteiger charge is 2.26. The number of aromatic nitrogens is 2. The van der Waals surface area contributed by atoms with E-state index < -0.39 is 5.97 Å². The molecule has 0 aliphatic heterocycles. The van der Waals surface area contributed by atoms with Crippen LogP contribution < -0.4 is 0 Å². The molecular formula is C26H29FN2O3S. The molecule has 0 spiro atoms. The Balaban J connectivity index is 1.58. The molecule has 174 valence electrons. The Kier molecular flexibility index (Phi) is 7.83. The average molecular weight is 469 g/mol. The van der Waals surface area contributed by atoms with Crippen molar-refractivity contribution in [2.75, 3.05) is 19.5 Å². The monoisotopic (exact) mass is 468 g/mol. The van der Waals surface area contributed by atoms with Gasteiger partial charge in [-0.2, -0.15) is 5.10 Å². The van der Waals surface area contributed by atoms with Crippen molar-refractivity contribution in [3.63, 3.8) is 0 Å². The van der Waals surface area contributed by atoms with Crippen molar-refractivity contribution in [1.82, 2.24) is 9.78 Å². The fourth-order valence-electron chi connectivity index (χ4n) is 4.62. The predicted molar refractivity (Wildman–Crippen MR) is 129 cm³/mol. The zero-order chi connectivity index (χ0) is 23.2. The summed E-state index contributed by atoms with van der Waals surface area (Å²) < 4.78 is 21.1. The number of rotatable bonds is 9. The van der Waals surface area contributed by atoms with Crippen molar-refractivity contribution < 1.29 is 19.0 Å². The van der Waals surface area contributed by atoms with Crippen molar-refractivity contribution in [2.24, 2.45) is 11.8 Å². The molecule has 4 rings (SSSR count). The molecule has 2 aromatic carbocycles. The SMILES string of the molecule is CSc1nn(C[C@H]2CC[C@H](COCC(=O)O)CC2)c(-c2ccc(F)cc2)c1-c1ccccc1. The van der Waals surface area contributed by atoms with E-state index in [-0.39, 0.29) is 12.4 Å². The number of halogens is 1. The van der Waals surface area contributed by atoms with Crippen LogP contribution in [0, 0.1) is 17.7 Å². The first kappa shape index (κ1) is 23.5. The Morgan fingerprint density at radius 3 is 2.36 bits per heavy atom. The second kappa shape index (κ2) is 11.0. The number of thioether (sulfide) groups is 1. The highest BCUT2D eigenvalue weighted by Crippen LogP contribution is 2.40. The summed E-state index contributed by atoms with van der Waals surface area (Å²) in [6.45, 7) is 1.08. The van der Waals surface area contributed by atoms with E-state index in [0.717, 1.165) is 59.6 Å². The summed E-state index contributed by atoms with van der Waals surface area (Å²) >= 11 is 1.63. The third-order valence-electron chi connectivity index (χ3n) is 6.27. The fourth-order valence-corrected chi connectivity index (χ4v) is 5.22. The summed E-state index contributed by atoms with van der Waals surface area (Å²) in [6.07, 6.45) is 6.20. The lowest BCUT2D eigenvalue weighted by Gasteiger charge is -2.28. The van der Waals surface area contributed by atoms with Crippen LogP contribution in [-0.2, 0) is 16.1 Å². The van der Waals surface area contributed by atoms with Gasteiger partial charge in [-0.3, -0.25) is 4.68 Å². The minimum atomic E-state index is -0.922. The highest BCUT2D eigenvalue weighted by atomic mass is 32.2. The number of hydrogen-bond acceptors (Lipinski definition) is 4. The minimum absolute atomic E-state index is 0.228. The first-order valence-electron chi connectivity index (χ1n) is 11.3. The summed E-state index contributed by atoms with van der Waals surface area (Å²) in [7, 11) is 0. The van der Waals surface area contributed by atoms with Crippen LogP contribution in [0.2, 0.25) is 0 Å². The van der Waals surface area contributed by atoms with Crippen LogP contribution in [0.4, 0.5) is 4.39 Å². The highest BCUT2D eigenvalue weighted by molar-refractivity contribution is 7.98. The van der Waals surface area contributed by atoms with Gasteiger partial charge < -0.3 is 9.84 Å². The Morgan fingerprint density at radius 1 is 1.06 bits per heavy atom. The molecule has 0 saturated heterocycles. The number of nitrogens with zero attached hydrogens (tertiary/aromatic N) is 2. The molecule has 5 nitrogen and oxygen atoms in total. The van der Waals surface area contributed by atoms with Gasteiger partial charge in [0.2, 0.25) is 0 Å². The number of carboxylic acid groups (broad SMARTS) is 1. The molecule has 0 amide bonds. The average Bonchev–Trinajstić information content (AvgIpc) is 3.19. The molecule has 33 heavy (non-hydrogen) atoms. The second-order valence-corrected chi connectivity index (χ2v) is 9.38. The van der Waals surface area contributed by atoms with Crippen molar-refractivity contribution in [3.8, 4) is 22.4 Å². The zero-order valence-electron chi connectivity index (χ0n) is 18.7. The summed E-state index contributed by atoms with van der Waals surface area (Å²) in [5.41, 5.74) is 4.17. The quantitative estimate of drug-likeness (QED) is 0.391. The van der Waals surface area contributed by atoms with Gasteiger partial charge in [0.15, 0.2) is 0 Å². The molecule has 1 heterocycles. The largest absolute Gasteiger partial charge is 0.480 e. The van der Waals surface area contributed by atoms with E-state index in [0.29, 0.717) is 18.4 Å². The van der Waals surface area contributed by atoms with Crippen LogP contribution in [0.5, 0.6) is 0 Å². The molecule has 1 aromatic heterocycles. The molecule has 0 bridgehead atoms. The summed E-state index contributed by atoms with van der Waals surface area (Å²) in [6, 6.07) is 16.9. The Hall–Kier alpha value is -2.64. The topological polar surface area (TPSA) is 64.4 Å². The number of carboxylic acids is 1. The third kappa shape index (κ3) is 5.84. The third-order valence-corrected chi connectivity index (χ3v) is 6.94. The number of hydrogen-bond donors (Lipinski definition) is 1. The van der Waals surface area contributed by atoms with E-state index in [1.54, 1.807) is 11.8 Å². The van der Waals surface area contributed by atoms with Gasteiger partial charge in [0.1, 0.15) is 17.5 Å². The molecule has 3 aromatic rings. The number of carbonyl (C=O) groups is 1. The number of ether oxygens (including phenoxy) is 1. The van der Waals surface area contributed by atoms with E-state index >= 15 is 0 Å². The molecule has 1 fully saturated rings. The lowest BCUT2D eigenvalue weighted by molar-refractivity contribution is -0.142. The zero-order valence-corrected chi connectivity index (χ0v) is 19.6. The van der Waals surface area contributed by atoms with E-state index in [1.807, 2.05) is 36.6 Å². The maximum Gasteiger partial charge on any atom is 0.329 e. The molecule has 1 aliphatic carbocycles. The standard InChI is InChI=1S/C26H29FN2O3S/c1-33-26-24(20-5-3-2-4-6-20)25(21-11-13-22(27)14-12-21)29(28-26)15-18-7-9-19(10-8-18)16-32-17-23(30)31/h2-6,11-14,18-19H,7-10,15-17H2,1H3,(H,30,31)/t18-,19-. The maximum absolute atomic E-state index is 13.7. The van der Waals surface area contributed by atoms with Crippen LogP contribution in [-0.4, -0.2) is 40.3 Å². The minimum Gasteiger partial charge on any atom is -0.480 e. The lowest BCUT2D eigenvalue weighted by atomic mass is 9.82. The molecule has 0 radical (unpaired) electrons. The normalized spacial score (nSPS) is 18.4. The van der Waals surface area contributed by atoms with Crippen LogP contribution in [0.15, 0.2) is 59.6 Å². The van der Waals surface area contributed by atoms with Gasteiger partial charge >= 0.3 is 5.97 Å². The fraction of sp³-hybridized carbons (Fsp3) is 0.385. The smallest absolute Gasteiger partial charge is 0.329 e. The first-order chi connectivity index (χ1) is 16.0. The number of benzene rings is 2. The Bertz CT molecular complexity index is 1060.